The van der Waals surface area contributed by atoms with Crippen LogP contribution in [0.4, 0.5) is 0 Å². The number of hydrogen-bond donors (Lipinski definition) is 1. The maximum absolute atomic E-state index is 11.9. The van der Waals surface area contributed by atoms with Crippen molar-refractivity contribution in [3.05, 3.63) is 27.4 Å². The van der Waals surface area contributed by atoms with E-state index in [1.807, 2.05) is 13.8 Å². The second kappa shape index (κ2) is 5.91. The fraction of sp³-hybridized carbons (Fsp3) is 0.600. The van der Waals surface area contributed by atoms with E-state index >= 15 is 0 Å². The van der Waals surface area contributed by atoms with Crippen molar-refractivity contribution < 1.29 is 4.79 Å². The molecule has 1 aromatic rings. The third-order valence-corrected chi connectivity index (χ3v) is 2.52. The number of carbonyl (C=O) groups is 1. The van der Waals surface area contributed by atoms with E-state index in [-0.39, 0.29) is 5.91 Å². The molecule has 17 heavy (non-hydrogen) atoms. The molecule has 1 rings (SSSR count). The second-order valence-electron chi connectivity index (χ2n) is 3.73. The molecule has 1 amide bonds. The predicted molar refractivity (Wildman–Crippen MR) is 63.6 cm³/mol. The van der Waals surface area contributed by atoms with Gasteiger partial charge in [-0.2, -0.15) is 5.10 Å². The van der Waals surface area contributed by atoms with Gasteiger partial charge in [-0.05, 0) is 25.8 Å². The Kier molecular flexibility index (Phi) is 4.54. The molecule has 0 unspecified atom stereocenters. The van der Waals surface area contributed by atoms with Crippen molar-refractivity contribution in [2.75, 3.05) is 13.1 Å². The van der Waals surface area contributed by atoms with Gasteiger partial charge in [0.25, 0.3) is 5.91 Å². The van der Waals surface area contributed by atoms with Gasteiger partial charge >= 0.3 is 0 Å². The highest BCUT2D eigenvalue weighted by Crippen LogP contribution is 2.11. The van der Waals surface area contributed by atoms with Gasteiger partial charge in [0.05, 0.1) is 11.3 Å². The first-order valence-corrected chi connectivity index (χ1v) is 5.37. The van der Waals surface area contributed by atoms with E-state index in [1.54, 1.807) is 11.7 Å². The zero-order valence-electron chi connectivity index (χ0n) is 10.3. The summed E-state index contributed by atoms with van der Waals surface area (Å²) in [5, 5.41) is 10.3. The molecule has 7 nitrogen and oxygen atoms in total. The maximum Gasteiger partial charge on any atom is 0.255 e. The van der Waals surface area contributed by atoms with Crippen LogP contribution in [-0.2, 0) is 7.05 Å². The minimum absolute atomic E-state index is 0.131. The zero-order chi connectivity index (χ0) is 12.8. The van der Waals surface area contributed by atoms with Crippen LogP contribution >= 0.6 is 0 Å². The highest BCUT2D eigenvalue weighted by atomic mass is 16.1. The van der Waals surface area contributed by atoms with Gasteiger partial charge in [0.2, 0.25) is 0 Å². The van der Waals surface area contributed by atoms with Crippen molar-refractivity contribution in [1.29, 1.82) is 0 Å². The van der Waals surface area contributed by atoms with Gasteiger partial charge in [-0.3, -0.25) is 9.48 Å². The van der Waals surface area contributed by atoms with Crippen LogP contribution in [0.1, 0.15) is 28.2 Å². The summed E-state index contributed by atoms with van der Waals surface area (Å²) in [6, 6.07) is 0. The van der Waals surface area contributed by atoms with Crippen LogP contribution in [0.15, 0.2) is 5.11 Å². The number of aromatic nitrogens is 2. The monoisotopic (exact) mass is 236 g/mol. The molecule has 0 aliphatic rings. The van der Waals surface area contributed by atoms with Crippen LogP contribution in [-0.4, -0.2) is 28.8 Å². The molecule has 1 heterocycles. The van der Waals surface area contributed by atoms with Gasteiger partial charge < -0.3 is 5.32 Å². The lowest BCUT2D eigenvalue weighted by atomic mass is 10.2. The molecule has 1 aromatic heterocycles. The van der Waals surface area contributed by atoms with Crippen molar-refractivity contribution in [2.45, 2.75) is 20.3 Å². The van der Waals surface area contributed by atoms with E-state index in [1.165, 1.54) is 0 Å². The van der Waals surface area contributed by atoms with E-state index in [2.05, 4.69) is 20.4 Å². The Labute approximate surface area is 99.4 Å². The summed E-state index contributed by atoms with van der Waals surface area (Å²) in [6.45, 7) is 4.55. The molecule has 0 radical (unpaired) electrons. The fourth-order valence-electron chi connectivity index (χ4n) is 1.59. The lowest BCUT2D eigenvalue weighted by molar-refractivity contribution is 0.0952. The summed E-state index contributed by atoms with van der Waals surface area (Å²) < 4.78 is 1.68. The molecule has 92 valence electrons. The summed E-state index contributed by atoms with van der Waals surface area (Å²) in [6.07, 6.45) is 0.633. The summed E-state index contributed by atoms with van der Waals surface area (Å²) in [5.41, 5.74) is 10.3. The highest BCUT2D eigenvalue weighted by molar-refractivity contribution is 5.96. The highest BCUT2D eigenvalue weighted by Gasteiger charge is 2.16. The molecule has 0 atom stereocenters. The second-order valence-corrected chi connectivity index (χ2v) is 3.73. The van der Waals surface area contributed by atoms with Crippen molar-refractivity contribution in [2.24, 2.45) is 12.2 Å². The number of rotatable bonds is 5. The number of nitrogens with one attached hydrogen (secondary N) is 1. The van der Waals surface area contributed by atoms with E-state index in [0.29, 0.717) is 25.1 Å². The normalized spacial score (nSPS) is 9.82. The molecule has 0 spiro atoms. The Morgan fingerprint density at radius 3 is 2.82 bits per heavy atom. The van der Waals surface area contributed by atoms with Gasteiger partial charge in [-0.15, -0.1) is 0 Å². The Balaban J connectivity index is 2.55. The van der Waals surface area contributed by atoms with E-state index in [9.17, 15) is 4.79 Å². The largest absolute Gasteiger partial charge is 0.352 e. The smallest absolute Gasteiger partial charge is 0.255 e. The first-order chi connectivity index (χ1) is 8.07. The summed E-state index contributed by atoms with van der Waals surface area (Å²) in [5.74, 6) is -0.131. The molecule has 1 N–H and O–H groups in total. The number of amides is 1. The van der Waals surface area contributed by atoms with Crippen LogP contribution in [0, 0.1) is 13.8 Å². The SMILES string of the molecule is Cc1nn(C)c(C)c1C(=O)NCCCN=[N+]=[N-]. The van der Waals surface area contributed by atoms with Gasteiger partial charge in [0.15, 0.2) is 0 Å². The average Bonchev–Trinajstić information content (AvgIpc) is 2.53. The Morgan fingerprint density at radius 1 is 1.59 bits per heavy atom. The average molecular weight is 236 g/mol. The minimum atomic E-state index is -0.131. The van der Waals surface area contributed by atoms with Crippen LogP contribution in [0.2, 0.25) is 0 Å². The van der Waals surface area contributed by atoms with Crippen molar-refractivity contribution >= 4 is 5.91 Å². The van der Waals surface area contributed by atoms with E-state index in [0.717, 1.165) is 11.4 Å². The van der Waals surface area contributed by atoms with E-state index in [4.69, 9.17) is 5.53 Å². The number of carbonyl (C=O) groups excluding carboxylic acids is 1. The molecule has 0 saturated carbocycles. The number of hydrogen-bond acceptors (Lipinski definition) is 3. The molecule has 0 aliphatic heterocycles. The van der Waals surface area contributed by atoms with Crippen LogP contribution < -0.4 is 5.32 Å². The Morgan fingerprint density at radius 2 is 2.29 bits per heavy atom. The van der Waals surface area contributed by atoms with Crippen LogP contribution in [0.5, 0.6) is 0 Å². The quantitative estimate of drug-likeness (QED) is 0.362. The maximum atomic E-state index is 11.9. The fourth-order valence-corrected chi connectivity index (χ4v) is 1.59. The van der Waals surface area contributed by atoms with Crippen LogP contribution in [0.3, 0.4) is 0 Å². The predicted octanol–water partition coefficient (Wildman–Crippen LogP) is 1.47. The van der Waals surface area contributed by atoms with Crippen molar-refractivity contribution in [3.63, 3.8) is 0 Å². The first kappa shape index (κ1) is 13.1. The van der Waals surface area contributed by atoms with E-state index < -0.39 is 0 Å². The minimum Gasteiger partial charge on any atom is -0.352 e. The third kappa shape index (κ3) is 3.22. The van der Waals surface area contributed by atoms with Crippen molar-refractivity contribution in [1.82, 2.24) is 15.1 Å². The molecule has 0 saturated heterocycles. The topological polar surface area (TPSA) is 95.7 Å². The lowest BCUT2D eigenvalue weighted by Crippen LogP contribution is -2.26. The molecule has 0 aromatic carbocycles. The number of nitrogens with zero attached hydrogens (tertiary/aromatic N) is 5. The third-order valence-electron chi connectivity index (χ3n) is 2.52. The number of aryl methyl sites for hydroxylation is 2. The van der Waals surface area contributed by atoms with Gasteiger partial charge in [0.1, 0.15) is 0 Å². The Bertz CT molecular complexity index is 458. The zero-order valence-corrected chi connectivity index (χ0v) is 10.3. The van der Waals surface area contributed by atoms with Gasteiger partial charge in [-0.1, -0.05) is 5.11 Å². The van der Waals surface area contributed by atoms with Gasteiger partial charge in [0, 0.05) is 30.7 Å². The summed E-state index contributed by atoms with van der Waals surface area (Å²) in [7, 11) is 1.81. The molecular weight excluding hydrogens is 220 g/mol. The summed E-state index contributed by atoms with van der Waals surface area (Å²) in [4.78, 5) is 14.5. The summed E-state index contributed by atoms with van der Waals surface area (Å²) >= 11 is 0. The van der Waals surface area contributed by atoms with Crippen LogP contribution in [0.25, 0.3) is 10.4 Å². The Hall–Kier alpha value is -2.01. The first-order valence-electron chi connectivity index (χ1n) is 5.37. The standard InChI is InChI=1S/C10H16N6O/c1-7-9(8(2)16(3)14-7)10(17)12-5-4-6-13-15-11/h4-6H2,1-3H3,(H,12,17). The molecule has 0 bridgehead atoms. The van der Waals surface area contributed by atoms with Crippen molar-refractivity contribution in [3.8, 4) is 0 Å². The number of azide groups is 1. The molecule has 0 aliphatic carbocycles. The lowest BCUT2D eigenvalue weighted by Gasteiger charge is -2.04. The molecule has 7 heteroatoms. The molecule has 0 fully saturated rings. The van der Waals surface area contributed by atoms with Gasteiger partial charge in [-0.25, -0.2) is 0 Å². The molecular formula is C10H16N6O.